The maximum atomic E-state index is 12.7. The Labute approximate surface area is 152 Å². The van der Waals surface area contributed by atoms with Crippen LogP contribution in [-0.2, 0) is 16.5 Å². The van der Waals surface area contributed by atoms with E-state index in [1.807, 2.05) is 13.8 Å². The second-order valence-electron chi connectivity index (χ2n) is 6.15. The maximum Gasteiger partial charge on any atom is 0.343 e. The summed E-state index contributed by atoms with van der Waals surface area (Å²) < 4.78 is 36.3. The number of rotatable bonds is 6. The zero-order valence-corrected chi connectivity index (χ0v) is 15.5. The highest BCUT2D eigenvalue weighted by molar-refractivity contribution is 7.87. The SMILES string of the molecule is CCCCc1c(OS(=O)(=O)c2ccc(C)cc2)c2ccccc2oc1=O. The molecule has 136 valence electrons. The molecule has 26 heavy (non-hydrogen) atoms. The molecule has 0 aliphatic rings. The molecule has 0 radical (unpaired) electrons. The second-order valence-corrected chi connectivity index (χ2v) is 7.69. The molecule has 1 aromatic heterocycles. The first-order valence-corrected chi connectivity index (χ1v) is 9.89. The average Bonchev–Trinajstić information content (AvgIpc) is 2.61. The molecule has 3 aromatic rings. The van der Waals surface area contributed by atoms with Crippen molar-refractivity contribution >= 4 is 21.1 Å². The molecular weight excluding hydrogens is 352 g/mol. The summed E-state index contributed by atoms with van der Waals surface area (Å²) in [5.74, 6) is 0.0610. The molecule has 0 bridgehead atoms. The summed E-state index contributed by atoms with van der Waals surface area (Å²) in [6.07, 6.45) is 1.98. The monoisotopic (exact) mass is 372 g/mol. The average molecular weight is 372 g/mol. The molecule has 0 saturated heterocycles. The van der Waals surface area contributed by atoms with E-state index in [1.165, 1.54) is 12.1 Å². The molecule has 0 N–H and O–H groups in total. The lowest BCUT2D eigenvalue weighted by molar-refractivity contribution is 0.474. The van der Waals surface area contributed by atoms with E-state index in [-0.39, 0.29) is 16.2 Å². The van der Waals surface area contributed by atoms with Crippen molar-refractivity contribution in [1.82, 2.24) is 0 Å². The highest BCUT2D eigenvalue weighted by atomic mass is 32.2. The van der Waals surface area contributed by atoms with Crippen molar-refractivity contribution < 1.29 is 17.0 Å². The van der Waals surface area contributed by atoms with Crippen molar-refractivity contribution in [2.24, 2.45) is 0 Å². The van der Waals surface area contributed by atoms with Gasteiger partial charge >= 0.3 is 15.7 Å². The van der Waals surface area contributed by atoms with Gasteiger partial charge < -0.3 is 8.60 Å². The molecule has 0 unspecified atom stereocenters. The van der Waals surface area contributed by atoms with Crippen molar-refractivity contribution in [3.8, 4) is 5.75 Å². The van der Waals surface area contributed by atoms with E-state index in [1.54, 1.807) is 36.4 Å². The van der Waals surface area contributed by atoms with E-state index < -0.39 is 15.7 Å². The van der Waals surface area contributed by atoms with Gasteiger partial charge in [-0.05, 0) is 44.0 Å². The summed E-state index contributed by atoms with van der Waals surface area (Å²) in [5.41, 5.74) is 0.928. The van der Waals surface area contributed by atoms with Crippen LogP contribution in [0.25, 0.3) is 11.0 Å². The molecule has 3 rings (SSSR count). The quantitative estimate of drug-likeness (QED) is 0.479. The predicted octanol–water partition coefficient (Wildman–Crippen LogP) is 4.21. The predicted molar refractivity (Wildman–Crippen MR) is 100 cm³/mol. The Morgan fingerprint density at radius 3 is 2.42 bits per heavy atom. The maximum absolute atomic E-state index is 12.7. The van der Waals surface area contributed by atoms with Crippen molar-refractivity contribution in [1.29, 1.82) is 0 Å². The molecule has 1 heterocycles. The summed E-state index contributed by atoms with van der Waals surface area (Å²) in [4.78, 5) is 12.4. The number of hydrogen-bond donors (Lipinski definition) is 0. The lowest BCUT2D eigenvalue weighted by atomic mass is 10.1. The Morgan fingerprint density at radius 2 is 1.73 bits per heavy atom. The molecule has 0 spiro atoms. The number of fused-ring (bicyclic) bond motifs is 1. The highest BCUT2D eigenvalue weighted by Crippen LogP contribution is 2.31. The van der Waals surface area contributed by atoms with Gasteiger partial charge in [0.1, 0.15) is 10.5 Å². The summed E-state index contributed by atoms with van der Waals surface area (Å²) >= 11 is 0. The number of unbranched alkanes of at least 4 members (excludes halogenated alkanes) is 1. The lowest BCUT2D eigenvalue weighted by Gasteiger charge is -2.13. The lowest BCUT2D eigenvalue weighted by Crippen LogP contribution is -2.16. The normalized spacial score (nSPS) is 11.6. The van der Waals surface area contributed by atoms with E-state index in [2.05, 4.69) is 0 Å². The van der Waals surface area contributed by atoms with Crippen LogP contribution in [0.1, 0.15) is 30.9 Å². The molecule has 2 aromatic carbocycles. The standard InChI is InChI=1S/C20H20O5S/c1-3-4-7-17-19(16-8-5-6-9-18(16)24-20(17)21)25-26(22,23)15-12-10-14(2)11-13-15/h5-6,8-13H,3-4,7H2,1-2H3. The van der Waals surface area contributed by atoms with Crippen LogP contribution in [-0.4, -0.2) is 8.42 Å². The summed E-state index contributed by atoms with van der Waals surface area (Å²) in [6.45, 7) is 3.86. The molecule has 0 aliphatic carbocycles. The summed E-state index contributed by atoms with van der Waals surface area (Å²) in [6, 6.07) is 13.2. The third kappa shape index (κ3) is 3.65. The van der Waals surface area contributed by atoms with E-state index in [0.717, 1.165) is 18.4 Å². The van der Waals surface area contributed by atoms with Crippen LogP contribution in [0.15, 0.2) is 62.6 Å². The first-order chi connectivity index (χ1) is 12.4. The summed E-state index contributed by atoms with van der Waals surface area (Å²) in [7, 11) is -4.07. The zero-order valence-electron chi connectivity index (χ0n) is 14.7. The van der Waals surface area contributed by atoms with Gasteiger partial charge in [-0.25, -0.2) is 4.79 Å². The Bertz CT molecular complexity index is 1080. The van der Waals surface area contributed by atoms with E-state index in [0.29, 0.717) is 17.4 Å². The molecule has 0 atom stereocenters. The molecule has 5 nitrogen and oxygen atoms in total. The minimum atomic E-state index is -4.07. The van der Waals surface area contributed by atoms with E-state index in [4.69, 9.17) is 8.60 Å². The van der Waals surface area contributed by atoms with Gasteiger partial charge in [-0.15, -0.1) is 0 Å². The number of para-hydroxylation sites is 1. The van der Waals surface area contributed by atoms with Crippen LogP contribution in [0, 0.1) is 6.92 Å². The van der Waals surface area contributed by atoms with Gasteiger partial charge in [0.05, 0.1) is 10.9 Å². The van der Waals surface area contributed by atoms with Crippen molar-refractivity contribution in [3.63, 3.8) is 0 Å². The number of benzene rings is 2. The molecule has 0 fully saturated rings. The Hall–Kier alpha value is -2.60. The van der Waals surface area contributed by atoms with E-state index >= 15 is 0 Å². The molecule has 6 heteroatoms. The molecular formula is C20H20O5S. The number of aryl methyl sites for hydroxylation is 1. The second kappa shape index (κ2) is 7.33. The Morgan fingerprint density at radius 1 is 1.04 bits per heavy atom. The van der Waals surface area contributed by atoms with Gasteiger partial charge in [-0.3, -0.25) is 0 Å². The smallest absolute Gasteiger partial charge is 0.343 e. The molecule has 0 amide bonds. The van der Waals surface area contributed by atoms with Crippen molar-refractivity contribution in [2.45, 2.75) is 38.0 Å². The first kappa shape index (κ1) is 18.2. The minimum Gasteiger partial charge on any atom is -0.422 e. The van der Waals surface area contributed by atoms with Crippen LogP contribution < -0.4 is 9.81 Å². The van der Waals surface area contributed by atoms with Crippen LogP contribution in [0.5, 0.6) is 5.75 Å². The van der Waals surface area contributed by atoms with Gasteiger partial charge in [-0.2, -0.15) is 8.42 Å². The van der Waals surface area contributed by atoms with Gasteiger partial charge in [0.2, 0.25) is 0 Å². The Balaban J connectivity index is 2.16. The van der Waals surface area contributed by atoms with Crippen molar-refractivity contribution in [3.05, 3.63) is 70.1 Å². The molecule has 0 aliphatic heterocycles. The first-order valence-electron chi connectivity index (χ1n) is 8.48. The van der Waals surface area contributed by atoms with Crippen LogP contribution in [0.2, 0.25) is 0 Å². The largest absolute Gasteiger partial charge is 0.422 e. The summed E-state index contributed by atoms with van der Waals surface area (Å²) in [5, 5.41) is 0.467. The zero-order chi connectivity index (χ0) is 18.7. The minimum absolute atomic E-state index is 0.0434. The van der Waals surface area contributed by atoms with Crippen LogP contribution >= 0.6 is 0 Å². The fraction of sp³-hybridized carbons (Fsp3) is 0.250. The topological polar surface area (TPSA) is 73.6 Å². The van der Waals surface area contributed by atoms with E-state index in [9.17, 15) is 13.2 Å². The fourth-order valence-corrected chi connectivity index (χ4v) is 3.66. The van der Waals surface area contributed by atoms with Crippen molar-refractivity contribution in [2.75, 3.05) is 0 Å². The van der Waals surface area contributed by atoms with Gasteiger partial charge in [0.25, 0.3) is 0 Å². The third-order valence-corrected chi connectivity index (χ3v) is 5.37. The fourth-order valence-electron chi connectivity index (χ4n) is 2.69. The highest BCUT2D eigenvalue weighted by Gasteiger charge is 2.23. The number of hydrogen-bond acceptors (Lipinski definition) is 5. The Kier molecular flexibility index (Phi) is 5.13. The van der Waals surface area contributed by atoms with Gasteiger partial charge in [0.15, 0.2) is 5.75 Å². The van der Waals surface area contributed by atoms with Crippen LogP contribution in [0.3, 0.4) is 0 Å². The van der Waals surface area contributed by atoms with Crippen LogP contribution in [0.4, 0.5) is 0 Å². The molecule has 0 saturated carbocycles. The third-order valence-electron chi connectivity index (χ3n) is 4.14. The van der Waals surface area contributed by atoms with Gasteiger partial charge in [0, 0.05) is 0 Å². The van der Waals surface area contributed by atoms with Gasteiger partial charge in [-0.1, -0.05) is 43.2 Å².